The number of primary sulfonamides is 1. The average Bonchev–Trinajstić information content (AvgIpc) is 2.66. The number of fused-ring (bicyclic) bond motifs is 3. The zero-order chi connectivity index (χ0) is 20.8. The van der Waals surface area contributed by atoms with E-state index < -0.39 is 16.1 Å². The zero-order valence-electron chi connectivity index (χ0n) is 16.0. The number of halogens is 1. The second-order valence-corrected chi connectivity index (χ2v) is 8.68. The Morgan fingerprint density at radius 1 is 1.14 bits per heavy atom. The van der Waals surface area contributed by atoms with Crippen molar-refractivity contribution < 1.29 is 22.3 Å². The number of benzene rings is 3. The van der Waals surface area contributed by atoms with Crippen LogP contribution in [0.15, 0.2) is 54.6 Å². The van der Waals surface area contributed by atoms with E-state index in [4.69, 9.17) is 14.6 Å². The molecule has 0 radical (unpaired) electrons. The summed E-state index contributed by atoms with van der Waals surface area (Å²) in [5.74, 6) is 0.628. The topological polar surface area (TPSA) is 78.6 Å². The Bertz CT molecular complexity index is 1210. The van der Waals surface area contributed by atoms with Crippen LogP contribution in [0.4, 0.5) is 4.39 Å². The SMILES string of the molecule is COc1c(C)ccc2c1-c1ccc(CS(N)(=O)=O)cc1C(c1cccc(F)c1)O2. The maximum absolute atomic E-state index is 13.9. The Kier molecular flexibility index (Phi) is 4.80. The van der Waals surface area contributed by atoms with Crippen molar-refractivity contribution in [2.24, 2.45) is 5.14 Å². The minimum absolute atomic E-state index is 0.298. The van der Waals surface area contributed by atoms with Gasteiger partial charge >= 0.3 is 0 Å². The van der Waals surface area contributed by atoms with Gasteiger partial charge in [0.15, 0.2) is 0 Å². The molecule has 5 nitrogen and oxygen atoms in total. The molecule has 7 heteroatoms. The van der Waals surface area contributed by atoms with Gasteiger partial charge in [0.1, 0.15) is 23.4 Å². The third-order valence-electron chi connectivity index (χ3n) is 4.95. The Labute approximate surface area is 168 Å². The van der Waals surface area contributed by atoms with Crippen LogP contribution >= 0.6 is 0 Å². The quantitative estimate of drug-likeness (QED) is 0.699. The van der Waals surface area contributed by atoms with Crippen molar-refractivity contribution in [1.29, 1.82) is 0 Å². The lowest BCUT2D eigenvalue weighted by Gasteiger charge is -2.31. The summed E-state index contributed by atoms with van der Waals surface area (Å²) in [7, 11) is -2.10. The first kappa shape index (κ1) is 19.4. The van der Waals surface area contributed by atoms with E-state index in [1.165, 1.54) is 12.1 Å². The summed E-state index contributed by atoms with van der Waals surface area (Å²) < 4.78 is 48.9. The molecule has 3 aromatic rings. The third kappa shape index (κ3) is 3.71. The van der Waals surface area contributed by atoms with Crippen molar-refractivity contribution in [1.82, 2.24) is 0 Å². The molecule has 3 aromatic carbocycles. The monoisotopic (exact) mass is 413 g/mol. The summed E-state index contributed by atoms with van der Waals surface area (Å²) in [6, 6.07) is 15.3. The first-order valence-corrected chi connectivity index (χ1v) is 10.7. The lowest BCUT2D eigenvalue weighted by atomic mass is 9.87. The molecule has 1 aliphatic rings. The van der Waals surface area contributed by atoms with Crippen LogP contribution < -0.4 is 14.6 Å². The number of hydrogen-bond donors (Lipinski definition) is 1. The van der Waals surface area contributed by atoms with Crippen LogP contribution in [0.1, 0.15) is 28.4 Å². The molecular formula is C22H20FNO4S. The Morgan fingerprint density at radius 3 is 2.62 bits per heavy atom. The number of aryl methyl sites for hydroxylation is 1. The highest BCUT2D eigenvalue weighted by molar-refractivity contribution is 7.88. The molecule has 1 atom stereocenters. The van der Waals surface area contributed by atoms with Crippen molar-refractivity contribution >= 4 is 10.0 Å². The van der Waals surface area contributed by atoms with Gasteiger partial charge < -0.3 is 9.47 Å². The maximum atomic E-state index is 13.9. The average molecular weight is 413 g/mol. The van der Waals surface area contributed by atoms with E-state index in [2.05, 4.69) is 0 Å². The molecule has 2 N–H and O–H groups in total. The molecule has 1 heterocycles. The fourth-order valence-corrected chi connectivity index (χ4v) is 4.42. The van der Waals surface area contributed by atoms with Gasteiger partial charge in [-0.1, -0.05) is 36.4 Å². The van der Waals surface area contributed by atoms with Gasteiger partial charge in [-0.25, -0.2) is 17.9 Å². The van der Waals surface area contributed by atoms with Crippen LogP contribution in [0.3, 0.4) is 0 Å². The van der Waals surface area contributed by atoms with Gasteiger partial charge in [-0.15, -0.1) is 0 Å². The van der Waals surface area contributed by atoms with Crippen LogP contribution in [0.5, 0.6) is 11.5 Å². The summed E-state index contributed by atoms with van der Waals surface area (Å²) >= 11 is 0. The Balaban J connectivity index is 1.96. The smallest absolute Gasteiger partial charge is 0.213 e. The van der Waals surface area contributed by atoms with Crippen LogP contribution in [0.2, 0.25) is 0 Å². The van der Waals surface area contributed by atoms with Crippen molar-refractivity contribution in [2.75, 3.05) is 7.11 Å². The molecule has 0 aromatic heterocycles. The molecule has 0 amide bonds. The van der Waals surface area contributed by atoms with Gasteiger partial charge in [0.05, 0.1) is 18.4 Å². The Morgan fingerprint density at radius 2 is 1.93 bits per heavy atom. The fraction of sp³-hybridized carbons (Fsp3) is 0.182. The number of hydrogen-bond acceptors (Lipinski definition) is 4. The van der Waals surface area contributed by atoms with E-state index in [1.54, 1.807) is 31.4 Å². The van der Waals surface area contributed by atoms with E-state index in [0.29, 0.717) is 22.6 Å². The predicted molar refractivity (Wildman–Crippen MR) is 109 cm³/mol. The molecule has 0 fully saturated rings. The lowest BCUT2D eigenvalue weighted by molar-refractivity contribution is 0.241. The number of sulfonamides is 1. The molecule has 4 rings (SSSR count). The van der Waals surface area contributed by atoms with Crippen molar-refractivity contribution in [3.05, 3.63) is 82.7 Å². The van der Waals surface area contributed by atoms with Gasteiger partial charge in [-0.05, 0) is 47.4 Å². The molecule has 29 heavy (non-hydrogen) atoms. The van der Waals surface area contributed by atoms with Crippen LogP contribution in [-0.4, -0.2) is 15.5 Å². The van der Waals surface area contributed by atoms with E-state index >= 15 is 0 Å². The number of ether oxygens (including phenoxy) is 2. The molecule has 0 aliphatic carbocycles. The first-order valence-electron chi connectivity index (χ1n) is 9.00. The summed E-state index contributed by atoms with van der Waals surface area (Å²) in [4.78, 5) is 0. The zero-order valence-corrected chi connectivity index (χ0v) is 16.8. The van der Waals surface area contributed by atoms with Gasteiger partial charge in [-0.2, -0.15) is 0 Å². The molecule has 0 spiro atoms. The van der Waals surface area contributed by atoms with Gasteiger partial charge in [0, 0.05) is 5.56 Å². The lowest BCUT2D eigenvalue weighted by Crippen LogP contribution is -2.18. The summed E-state index contributed by atoms with van der Waals surface area (Å²) in [5, 5.41) is 5.22. The number of rotatable bonds is 4. The molecule has 0 saturated carbocycles. The highest BCUT2D eigenvalue weighted by Crippen LogP contribution is 2.50. The summed E-state index contributed by atoms with van der Waals surface area (Å²) in [6.45, 7) is 1.94. The summed E-state index contributed by atoms with van der Waals surface area (Å²) in [5.41, 5.74) is 4.47. The first-order chi connectivity index (χ1) is 13.8. The van der Waals surface area contributed by atoms with Gasteiger partial charge in [0.2, 0.25) is 10.0 Å². The van der Waals surface area contributed by atoms with Crippen LogP contribution in [0.25, 0.3) is 11.1 Å². The van der Waals surface area contributed by atoms with Crippen LogP contribution in [0, 0.1) is 12.7 Å². The second kappa shape index (κ2) is 7.17. The Hall–Kier alpha value is -2.90. The number of nitrogens with two attached hydrogens (primary N) is 1. The standard InChI is InChI=1S/C22H20FNO4S/c1-13-6-9-19-20(21(13)27-2)17-8-7-14(12-29(24,25)26)10-18(17)22(28-19)15-4-3-5-16(23)11-15/h3-11,22H,12H2,1-2H3,(H2,24,25,26). The van der Waals surface area contributed by atoms with E-state index in [0.717, 1.165) is 22.3 Å². The second-order valence-electron chi connectivity index (χ2n) is 7.07. The minimum atomic E-state index is -3.70. The highest BCUT2D eigenvalue weighted by Gasteiger charge is 2.31. The van der Waals surface area contributed by atoms with Crippen LogP contribution in [-0.2, 0) is 15.8 Å². The highest BCUT2D eigenvalue weighted by atomic mass is 32.2. The predicted octanol–water partition coefficient (Wildman–Crippen LogP) is 4.08. The van der Waals surface area contributed by atoms with Crippen molar-refractivity contribution in [3.8, 4) is 22.6 Å². The van der Waals surface area contributed by atoms with Gasteiger partial charge in [-0.3, -0.25) is 0 Å². The molecule has 150 valence electrons. The molecule has 0 saturated heterocycles. The molecule has 0 bridgehead atoms. The largest absolute Gasteiger partial charge is 0.496 e. The van der Waals surface area contributed by atoms with E-state index in [9.17, 15) is 12.8 Å². The molecule has 1 unspecified atom stereocenters. The van der Waals surface area contributed by atoms with Crippen molar-refractivity contribution in [2.45, 2.75) is 18.8 Å². The number of methoxy groups -OCH3 is 1. The van der Waals surface area contributed by atoms with Crippen molar-refractivity contribution in [3.63, 3.8) is 0 Å². The summed E-state index contributed by atoms with van der Waals surface area (Å²) in [6.07, 6.45) is -0.596. The van der Waals surface area contributed by atoms with E-state index in [-0.39, 0.29) is 11.6 Å². The van der Waals surface area contributed by atoms with E-state index in [1.807, 2.05) is 25.1 Å². The third-order valence-corrected chi connectivity index (χ3v) is 5.69. The maximum Gasteiger partial charge on any atom is 0.213 e. The van der Waals surface area contributed by atoms with Gasteiger partial charge in [0.25, 0.3) is 0 Å². The molecular weight excluding hydrogens is 393 g/mol. The minimum Gasteiger partial charge on any atom is -0.496 e. The molecule has 1 aliphatic heterocycles. The normalized spacial score (nSPS) is 15.2. The fourth-order valence-electron chi connectivity index (χ4n) is 3.77.